The summed E-state index contributed by atoms with van der Waals surface area (Å²) < 4.78 is 27.5. The molecule has 2 atom stereocenters. The van der Waals surface area contributed by atoms with Crippen LogP contribution in [0.4, 0.5) is 26.1 Å². The van der Waals surface area contributed by atoms with Crippen LogP contribution in [-0.2, 0) is 0 Å². The van der Waals surface area contributed by atoms with Crippen LogP contribution in [0, 0.1) is 11.6 Å². The van der Waals surface area contributed by atoms with Crippen molar-refractivity contribution in [3.05, 3.63) is 47.5 Å². The van der Waals surface area contributed by atoms with Crippen molar-refractivity contribution in [1.82, 2.24) is 4.98 Å². The second-order valence-electron chi connectivity index (χ2n) is 6.41. The van der Waals surface area contributed by atoms with Gasteiger partial charge >= 0.3 is 0 Å². The SMILES string of the molecule is NC(=O)c1cc(F)c(N[C@@H]2CCCC[C@@H]2N)nc1Nc1ccc(F)cc1. The molecule has 1 aliphatic carbocycles. The highest BCUT2D eigenvalue weighted by Gasteiger charge is 2.24. The van der Waals surface area contributed by atoms with E-state index in [-0.39, 0.29) is 29.3 Å². The summed E-state index contributed by atoms with van der Waals surface area (Å²) in [7, 11) is 0. The number of primary amides is 1. The van der Waals surface area contributed by atoms with Crippen LogP contribution in [0.25, 0.3) is 0 Å². The lowest BCUT2D eigenvalue weighted by Crippen LogP contribution is -2.43. The fraction of sp³-hybridized carbons (Fsp3) is 0.333. The van der Waals surface area contributed by atoms with Crippen LogP contribution in [0.1, 0.15) is 36.0 Å². The van der Waals surface area contributed by atoms with Crippen molar-refractivity contribution in [2.45, 2.75) is 37.8 Å². The Labute approximate surface area is 150 Å². The predicted molar refractivity (Wildman–Crippen MR) is 96.2 cm³/mol. The van der Waals surface area contributed by atoms with Gasteiger partial charge in [0.25, 0.3) is 5.91 Å². The van der Waals surface area contributed by atoms with Crippen LogP contribution < -0.4 is 22.1 Å². The normalized spacial score (nSPS) is 19.8. The monoisotopic (exact) mass is 361 g/mol. The molecule has 3 rings (SSSR count). The Morgan fingerprint density at radius 3 is 2.46 bits per heavy atom. The molecule has 1 amide bonds. The Morgan fingerprint density at radius 2 is 1.81 bits per heavy atom. The number of carbonyl (C=O) groups excluding carboxylic acids is 1. The zero-order valence-corrected chi connectivity index (χ0v) is 14.1. The number of nitrogens with two attached hydrogens (primary N) is 2. The molecule has 0 bridgehead atoms. The first-order valence-electron chi connectivity index (χ1n) is 8.49. The fourth-order valence-corrected chi connectivity index (χ4v) is 3.06. The van der Waals surface area contributed by atoms with Gasteiger partial charge in [-0.2, -0.15) is 0 Å². The quantitative estimate of drug-likeness (QED) is 0.655. The van der Waals surface area contributed by atoms with E-state index in [1.54, 1.807) is 0 Å². The van der Waals surface area contributed by atoms with E-state index >= 15 is 0 Å². The van der Waals surface area contributed by atoms with Gasteiger partial charge in [0.05, 0.1) is 5.56 Å². The molecular weight excluding hydrogens is 340 g/mol. The van der Waals surface area contributed by atoms with Crippen LogP contribution in [0.15, 0.2) is 30.3 Å². The largest absolute Gasteiger partial charge is 0.365 e. The number of nitrogens with one attached hydrogen (secondary N) is 2. The number of carbonyl (C=O) groups is 1. The van der Waals surface area contributed by atoms with Gasteiger partial charge in [-0.25, -0.2) is 13.8 Å². The summed E-state index contributed by atoms with van der Waals surface area (Å²) in [6.45, 7) is 0. The maximum absolute atomic E-state index is 14.4. The average molecular weight is 361 g/mol. The number of hydrogen-bond acceptors (Lipinski definition) is 5. The molecule has 0 radical (unpaired) electrons. The molecule has 6 nitrogen and oxygen atoms in total. The van der Waals surface area contributed by atoms with Gasteiger partial charge in [0.1, 0.15) is 11.6 Å². The summed E-state index contributed by atoms with van der Waals surface area (Å²) in [5, 5.41) is 5.92. The van der Waals surface area contributed by atoms with Gasteiger partial charge in [0.15, 0.2) is 11.6 Å². The molecule has 1 aromatic heterocycles. The Balaban J connectivity index is 1.90. The highest BCUT2D eigenvalue weighted by atomic mass is 19.1. The standard InChI is InChI=1S/C18H21F2N5O/c19-10-5-7-11(8-6-10)23-17-12(16(22)26)9-13(20)18(25-17)24-15-4-2-1-3-14(15)21/h5-9,14-15H,1-4,21H2,(H2,22,26)(H2,23,24,25)/t14-,15+/m0/s1. The highest BCUT2D eigenvalue weighted by Crippen LogP contribution is 2.26. The van der Waals surface area contributed by atoms with Crippen LogP contribution in [0.3, 0.4) is 0 Å². The van der Waals surface area contributed by atoms with Gasteiger partial charge in [0, 0.05) is 17.8 Å². The smallest absolute Gasteiger partial charge is 0.252 e. The average Bonchev–Trinajstić information content (AvgIpc) is 2.61. The lowest BCUT2D eigenvalue weighted by molar-refractivity contribution is 0.100. The first-order valence-corrected chi connectivity index (χ1v) is 8.49. The van der Waals surface area contributed by atoms with Crippen LogP contribution in [0.5, 0.6) is 0 Å². The molecule has 0 aliphatic heterocycles. The van der Waals surface area contributed by atoms with Crippen LogP contribution in [-0.4, -0.2) is 23.0 Å². The van der Waals surface area contributed by atoms with Gasteiger partial charge in [-0.05, 0) is 43.2 Å². The third kappa shape index (κ3) is 4.08. The minimum atomic E-state index is -0.818. The van der Waals surface area contributed by atoms with Gasteiger partial charge in [-0.15, -0.1) is 0 Å². The summed E-state index contributed by atoms with van der Waals surface area (Å²) in [4.78, 5) is 15.8. The molecular formula is C18H21F2N5O. The van der Waals surface area contributed by atoms with Crippen molar-refractivity contribution in [2.24, 2.45) is 11.5 Å². The Hall–Kier alpha value is -2.74. The van der Waals surface area contributed by atoms with E-state index in [4.69, 9.17) is 11.5 Å². The van der Waals surface area contributed by atoms with Crippen LogP contribution in [0.2, 0.25) is 0 Å². The van der Waals surface area contributed by atoms with E-state index in [0.29, 0.717) is 5.69 Å². The maximum atomic E-state index is 14.4. The van der Waals surface area contributed by atoms with E-state index in [1.165, 1.54) is 24.3 Å². The van der Waals surface area contributed by atoms with E-state index in [0.717, 1.165) is 31.7 Å². The predicted octanol–water partition coefficient (Wildman–Crippen LogP) is 2.88. The summed E-state index contributed by atoms with van der Waals surface area (Å²) in [6.07, 6.45) is 3.74. The van der Waals surface area contributed by atoms with Crippen LogP contribution >= 0.6 is 0 Å². The zero-order valence-electron chi connectivity index (χ0n) is 14.1. The van der Waals surface area contributed by atoms with Crippen molar-refractivity contribution >= 4 is 23.2 Å². The molecule has 2 aromatic rings. The summed E-state index contributed by atoms with van der Waals surface area (Å²) in [5.74, 6) is -1.80. The molecule has 0 unspecified atom stereocenters. The molecule has 0 saturated heterocycles. The summed E-state index contributed by atoms with van der Waals surface area (Å²) in [6, 6.07) is 6.34. The fourth-order valence-electron chi connectivity index (χ4n) is 3.06. The zero-order chi connectivity index (χ0) is 18.7. The Bertz CT molecular complexity index is 797. The lowest BCUT2D eigenvalue weighted by Gasteiger charge is -2.30. The summed E-state index contributed by atoms with van der Waals surface area (Å²) >= 11 is 0. The van der Waals surface area contributed by atoms with Crippen molar-refractivity contribution < 1.29 is 13.6 Å². The number of hydrogen-bond donors (Lipinski definition) is 4. The number of benzene rings is 1. The molecule has 26 heavy (non-hydrogen) atoms. The third-order valence-electron chi connectivity index (χ3n) is 4.49. The molecule has 8 heteroatoms. The molecule has 6 N–H and O–H groups in total. The van der Waals surface area contributed by atoms with Gasteiger partial charge in [0.2, 0.25) is 0 Å². The minimum Gasteiger partial charge on any atom is -0.365 e. The van der Waals surface area contributed by atoms with Gasteiger partial charge in [-0.1, -0.05) is 12.8 Å². The van der Waals surface area contributed by atoms with Gasteiger partial charge in [-0.3, -0.25) is 4.79 Å². The van der Waals surface area contributed by atoms with Crippen molar-refractivity contribution in [2.75, 3.05) is 10.6 Å². The van der Waals surface area contributed by atoms with E-state index in [9.17, 15) is 13.6 Å². The lowest BCUT2D eigenvalue weighted by atomic mass is 9.91. The second-order valence-corrected chi connectivity index (χ2v) is 6.41. The van der Waals surface area contributed by atoms with Crippen molar-refractivity contribution in [1.29, 1.82) is 0 Å². The number of anilines is 3. The van der Waals surface area contributed by atoms with E-state index in [1.807, 2.05) is 0 Å². The first kappa shape index (κ1) is 18.1. The highest BCUT2D eigenvalue weighted by molar-refractivity contribution is 5.98. The molecule has 1 saturated carbocycles. The van der Waals surface area contributed by atoms with E-state index in [2.05, 4.69) is 15.6 Å². The first-order chi connectivity index (χ1) is 12.4. The number of nitrogens with zero attached hydrogens (tertiary/aromatic N) is 1. The molecule has 1 aliphatic rings. The molecule has 1 fully saturated rings. The molecule has 1 heterocycles. The topological polar surface area (TPSA) is 106 Å². The molecule has 0 spiro atoms. The molecule has 138 valence electrons. The maximum Gasteiger partial charge on any atom is 0.252 e. The second kappa shape index (κ2) is 7.65. The number of halogens is 2. The van der Waals surface area contributed by atoms with Crippen molar-refractivity contribution in [3.63, 3.8) is 0 Å². The number of aromatic nitrogens is 1. The minimum absolute atomic E-state index is 0.00182. The van der Waals surface area contributed by atoms with Gasteiger partial charge < -0.3 is 22.1 Å². The number of rotatable bonds is 5. The molecule has 1 aromatic carbocycles. The number of amides is 1. The Morgan fingerprint density at radius 1 is 1.12 bits per heavy atom. The Kier molecular flexibility index (Phi) is 5.32. The third-order valence-corrected chi connectivity index (χ3v) is 4.49. The van der Waals surface area contributed by atoms with E-state index < -0.39 is 17.5 Å². The number of pyridine rings is 1. The van der Waals surface area contributed by atoms with Crippen molar-refractivity contribution in [3.8, 4) is 0 Å². The summed E-state index contributed by atoms with van der Waals surface area (Å²) in [5.41, 5.74) is 11.8.